The predicted octanol–water partition coefficient (Wildman–Crippen LogP) is 1.15. The van der Waals surface area contributed by atoms with E-state index in [0.29, 0.717) is 12.3 Å². The van der Waals surface area contributed by atoms with Crippen LogP contribution in [-0.4, -0.2) is 25.7 Å². The maximum Gasteiger partial charge on any atom is 0.137 e. The molecule has 1 heterocycles. The Morgan fingerprint density at radius 1 is 1.54 bits per heavy atom. The number of aromatic nitrogens is 3. The summed E-state index contributed by atoms with van der Waals surface area (Å²) in [5.41, 5.74) is 0.527. The van der Waals surface area contributed by atoms with Crippen LogP contribution in [0.5, 0.6) is 0 Å². The van der Waals surface area contributed by atoms with E-state index in [2.05, 4.69) is 15.2 Å². The number of oxime groups is 1. The molecule has 5 heteroatoms. The van der Waals surface area contributed by atoms with Crippen molar-refractivity contribution in [2.75, 3.05) is 0 Å². The van der Waals surface area contributed by atoms with Gasteiger partial charge in [0.2, 0.25) is 0 Å². The van der Waals surface area contributed by atoms with Crippen molar-refractivity contribution in [2.45, 2.75) is 27.3 Å². The lowest BCUT2D eigenvalue weighted by Crippen LogP contribution is -2.25. The van der Waals surface area contributed by atoms with Crippen molar-refractivity contribution in [1.29, 1.82) is 0 Å². The second kappa shape index (κ2) is 3.55. The Hall–Kier alpha value is -1.39. The molecule has 0 bridgehead atoms. The predicted molar refractivity (Wildman–Crippen MR) is 48.7 cm³/mol. The monoisotopic (exact) mass is 182 g/mol. The fourth-order valence-corrected chi connectivity index (χ4v) is 0.887. The molecule has 0 aromatic carbocycles. The fraction of sp³-hybridized carbons (Fsp3) is 0.625. The third-order valence-corrected chi connectivity index (χ3v) is 1.76. The Kier molecular flexibility index (Phi) is 2.65. The zero-order valence-corrected chi connectivity index (χ0v) is 8.10. The average Bonchev–Trinajstić information content (AvgIpc) is 2.49. The largest absolute Gasteiger partial charge is 0.411 e. The maximum absolute atomic E-state index is 8.79. The van der Waals surface area contributed by atoms with Gasteiger partial charge in [-0.3, -0.25) is 0 Å². The van der Waals surface area contributed by atoms with Gasteiger partial charge in [-0.15, -0.1) is 0 Å². The molecule has 1 aromatic heterocycles. The van der Waals surface area contributed by atoms with Crippen LogP contribution in [0.25, 0.3) is 0 Å². The van der Waals surface area contributed by atoms with E-state index in [-0.39, 0.29) is 5.41 Å². The summed E-state index contributed by atoms with van der Waals surface area (Å²) in [5, 5.41) is 16.0. The molecular formula is C8H14N4O. The first-order chi connectivity index (χ1) is 6.04. The Morgan fingerprint density at radius 2 is 2.23 bits per heavy atom. The van der Waals surface area contributed by atoms with Gasteiger partial charge in [-0.2, -0.15) is 5.10 Å². The third-order valence-electron chi connectivity index (χ3n) is 1.76. The molecule has 0 saturated heterocycles. The smallest absolute Gasteiger partial charge is 0.137 e. The van der Waals surface area contributed by atoms with E-state index in [1.165, 1.54) is 6.33 Å². The minimum absolute atomic E-state index is 0.152. The van der Waals surface area contributed by atoms with Crippen molar-refractivity contribution in [2.24, 2.45) is 10.6 Å². The Labute approximate surface area is 77.1 Å². The van der Waals surface area contributed by atoms with Crippen molar-refractivity contribution in [1.82, 2.24) is 14.8 Å². The molecule has 0 aliphatic heterocycles. The number of hydrogen-bond acceptors (Lipinski definition) is 4. The van der Waals surface area contributed by atoms with Gasteiger partial charge in [0.1, 0.15) is 12.7 Å². The van der Waals surface area contributed by atoms with Crippen LogP contribution < -0.4 is 0 Å². The molecule has 0 unspecified atom stereocenters. The van der Waals surface area contributed by atoms with Crippen LogP contribution >= 0.6 is 0 Å². The summed E-state index contributed by atoms with van der Waals surface area (Å²) in [5.74, 6) is 0. The van der Waals surface area contributed by atoms with Gasteiger partial charge in [0.05, 0.1) is 12.3 Å². The first-order valence-corrected chi connectivity index (χ1v) is 4.08. The van der Waals surface area contributed by atoms with Crippen LogP contribution in [0.4, 0.5) is 0 Å². The summed E-state index contributed by atoms with van der Waals surface area (Å²) in [6.07, 6.45) is 3.05. The molecule has 1 N–H and O–H groups in total. The highest BCUT2D eigenvalue weighted by atomic mass is 16.4. The van der Waals surface area contributed by atoms with Gasteiger partial charge in [0, 0.05) is 5.41 Å². The molecule has 0 saturated carbocycles. The first kappa shape index (κ1) is 9.70. The maximum atomic E-state index is 8.79. The lowest BCUT2D eigenvalue weighted by Gasteiger charge is -2.19. The summed E-state index contributed by atoms with van der Waals surface area (Å²) in [6, 6.07) is 0. The number of hydrogen-bond donors (Lipinski definition) is 1. The molecule has 0 aliphatic carbocycles. The van der Waals surface area contributed by atoms with Crippen LogP contribution in [0, 0.1) is 5.41 Å². The normalized spacial score (nSPS) is 13.3. The van der Waals surface area contributed by atoms with Crippen molar-refractivity contribution in [3.8, 4) is 0 Å². The highest BCUT2D eigenvalue weighted by Gasteiger charge is 2.20. The average molecular weight is 182 g/mol. The van der Waals surface area contributed by atoms with Crippen molar-refractivity contribution in [3.63, 3.8) is 0 Å². The highest BCUT2D eigenvalue weighted by molar-refractivity contribution is 5.88. The third kappa shape index (κ3) is 2.54. The topological polar surface area (TPSA) is 63.3 Å². The minimum Gasteiger partial charge on any atom is -0.411 e. The number of nitrogens with zero attached hydrogens (tertiary/aromatic N) is 4. The molecule has 72 valence electrons. The quantitative estimate of drug-likeness (QED) is 0.424. The molecule has 0 radical (unpaired) electrons. The van der Waals surface area contributed by atoms with Crippen LogP contribution in [0.15, 0.2) is 17.8 Å². The van der Waals surface area contributed by atoms with Crippen LogP contribution in [0.3, 0.4) is 0 Å². The van der Waals surface area contributed by atoms with E-state index < -0.39 is 0 Å². The van der Waals surface area contributed by atoms with Crippen LogP contribution in [0.1, 0.15) is 20.8 Å². The van der Waals surface area contributed by atoms with Gasteiger partial charge < -0.3 is 5.21 Å². The van der Waals surface area contributed by atoms with Crippen LogP contribution in [-0.2, 0) is 6.54 Å². The van der Waals surface area contributed by atoms with E-state index in [9.17, 15) is 0 Å². The highest BCUT2D eigenvalue weighted by Crippen LogP contribution is 2.16. The first-order valence-electron chi connectivity index (χ1n) is 4.08. The molecule has 0 fully saturated rings. The lowest BCUT2D eigenvalue weighted by molar-refractivity contribution is 0.307. The van der Waals surface area contributed by atoms with Crippen molar-refractivity contribution in [3.05, 3.63) is 12.7 Å². The van der Waals surface area contributed by atoms with Gasteiger partial charge in [-0.05, 0) is 0 Å². The van der Waals surface area contributed by atoms with Gasteiger partial charge in [0.25, 0.3) is 0 Å². The van der Waals surface area contributed by atoms with E-state index in [1.54, 1.807) is 11.0 Å². The van der Waals surface area contributed by atoms with E-state index in [0.717, 1.165) is 0 Å². The Morgan fingerprint density at radius 3 is 2.62 bits per heavy atom. The fourth-order valence-electron chi connectivity index (χ4n) is 0.887. The Bertz CT molecular complexity index is 284. The minimum atomic E-state index is -0.152. The molecule has 1 aromatic rings. The van der Waals surface area contributed by atoms with E-state index >= 15 is 0 Å². The van der Waals surface area contributed by atoms with Crippen molar-refractivity contribution >= 4 is 5.71 Å². The van der Waals surface area contributed by atoms with Crippen molar-refractivity contribution < 1.29 is 5.21 Å². The summed E-state index contributed by atoms with van der Waals surface area (Å²) in [6.45, 7) is 6.43. The molecule has 13 heavy (non-hydrogen) atoms. The van der Waals surface area contributed by atoms with Gasteiger partial charge in [-0.25, -0.2) is 9.67 Å². The zero-order chi connectivity index (χ0) is 9.90. The summed E-state index contributed by atoms with van der Waals surface area (Å²) < 4.78 is 1.63. The molecule has 0 spiro atoms. The second-order valence-electron chi connectivity index (χ2n) is 3.89. The Balaban J connectivity index is 2.73. The molecule has 0 amide bonds. The van der Waals surface area contributed by atoms with Gasteiger partial charge >= 0.3 is 0 Å². The zero-order valence-electron chi connectivity index (χ0n) is 8.10. The molecule has 0 atom stereocenters. The lowest BCUT2D eigenvalue weighted by atomic mass is 9.90. The molecular weight excluding hydrogens is 168 g/mol. The molecule has 1 rings (SSSR count). The molecule has 0 aliphatic rings. The molecule has 5 nitrogen and oxygen atoms in total. The standard InChI is InChI=1S/C8H14N4O/c1-8(2,3)7(11-13)4-12-6-9-5-10-12/h5-6,13H,4H2,1-3H3. The van der Waals surface area contributed by atoms with E-state index in [1.807, 2.05) is 20.8 Å². The van der Waals surface area contributed by atoms with E-state index in [4.69, 9.17) is 5.21 Å². The van der Waals surface area contributed by atoms with Crippen LogP contribution in [0.2, 0.25) is 0 Å². The summed E-state index contributed by atoms with van der Waals surface area (Å²) in [7, 11) is 0. The number of rotatable bonds is 2. The summed E-state index contributed by atoms with van der Waals surface area (Å²) in [4.78, 5) is 3.81. The van der Waals surface area contributed by atoms with Gasteiger partial charge in [0.15, 0.2) is 0 Å². The van der Waals surface area contributed by atoms with Gasteiger partial charge in [-0.1, -0.05) is 25.9 Å². The second-order valence-corrected chi connectivity index (χ2v) is 3.89. The SMILES string of the molecule is CC(C)(C)C(Cn1cncn1)=NO. The summed E-state index contributed by atoms with van der Waals surface area (Å²) >= 11 is 0.